The van der Waals surface area contributed by atoms with E-state index in [0.717, 1.165) is 24.8 Å². The summed E-state index contributed by atoms with van der Waals surface area (Å²) in [4.78, 5) is 2.69. The molecule has 0 spiro atoms. The van der Waals surface area contributed by atoms with Crippen LogP contribution in [-0.2, 0) is 0 Å². The highest BCUT2D eigenvalue weighted by Gasteiger charge is 2.33. The van der Waals surface area contributed by atoms with E-state index in [4.69, 9.17) is 4.74 Å². The van der Waals surface area contributed by atoms with Gasteiger partial charge in [0.2, 0.25) is 0 Å². The minimum absolute atomic E-state index is 0.538. The van der Waals surface area contributed by atoms with E-state index in [1.165, 1.54) is 44.3 Å². The third-order valence-corrected chi connectivity index (χ3v) is 4.82. The zero-order chi connectivity index (χ0) is 13.8. The van der Waals surface area contributed by atoms with Crippen LogP contribution >= 0.6 is 0 Å². The lowest BCUT2D eigenvalue weighted by molar-refractivity contribution is 0.145. The molecule has 3 heteroatoms. The molecule has 0 bridgehead atoms. The molecule has 20 heavy (non-hydrogen) atoms. The number of rotatable bonds is 4. The summed E-state index contributed by atoms with van der Waals surface area (Å²) in [6, 6.07) is 9.15. The molecule has 1 unspecified atom stereocenters. The first-order chi connectivity index (χ1) is 9.90. The third-order valence-electron chi connectivity index (χ3n) is 4.82. The number of likely N-dealkylation sites (tertiary alicyclic amines) is 1. The predicted octanol–water partition coefficient (Wildman–Crippen LogP) is 2.83. The summed E-state index contributed by atoms with van der Waals surface area (Å²) >= 11 is 0. The van der Waals surface area contributed by atoms with Crippen LogP contribution in [0, 0.1) is 5.92 Å². The van der Waals surface area contributed by atoms with Crippen molar-refractivity contribution >= 4 is 0 Å². The lowest BCUT2D eigenvalue weighted by Crippen LogP contribution is -2.38. The van der Waals surface area contributed by atoms with Gasteiger partial charge in [-0.2, -0.15) is 0 Å². The van der Waals surface area contributed by atoms with Gasteiger partial charge in [0.15, 0.2) is 0 Å². The molecule has 2 saturated heterocycles. The van der Waals surface area contributed by atoms with Crippen molar-refractivity contribution in [3.8, 4) is 5.75 Å². The molecule has 2 fully saturated rings. The lowest BCUT2D eigenvalue weighted by atomic mass is 9.84. The Bertz CT molecular complexity index is 423. The molecule has 0 amide bonds. The van der Waals surface area contributed by atoms with Crippen LogP contribution in [0.3, 0.4) is 0 Å². The number of piperidine rings is 1. The molecule has 1 atom stereocenters. The Morgan fingerprint density at radius 2 is 1.85 bits per heavy atom. The smallest absolute Gasteiger partial charge is 0.123 e. The zero-order valence-electron chi connectivity index (χ0n) is 12.5. The summed E-state index contributed by atoms with van der Waals surface area (Å²) in [6.07, 6.45) is 5.24. The lowest BCUT2D eigenvalue weighted by Gasteiger charge is -2.37. The van der Waals surface area contributed by atoms with Crippen molar-refractivity contribution in [2.75, 3.05) is 33.3 Å². The highest BCUT2D eigenvalue weighted by molar-refractivity contribution is 5.36. The Morgan fingerprint density at radius 1 is 1.15 bits per heavy atom. The molecular weight excluding hydrogens is 248 g/mol. The van der Waals surface area contributed by atoms with Crippen molar-refractivity contribution in [3.05, 3.63) is 29.8 Å². The highest BCUT2D eigenvalue weighted by atomic mass is 16.5. The van der Waals surface area contributed by atoms with Gasteiger partial charge in [0, 0.05) is 11.6 Å². The molecule has 1 N–H and O–H groups in total. The molecule has 110 valence electrons. The number of para-hydroxylation sites is 1. The Labute approximate surface area is 122 Å². The van der Waals surface area contributed by atoms with Gasteiger partial charge < -0.3 is 10.1 Å². The minimum Gasteiger partial charge on any atom is -0.496 e. The number of hydrogen-bond donors (Lipinski definition) is 1. The summed E-state index contributed by atoms with van der Waals surface area (Å²) in [5.41, 5.74) is 1.39. The SMILES string of the molecule is COc1ccccc1C(C1CCNCC1)N1CCCC1. The Kier molecular flexibility index (Phi) is 4.58. The number of methoxy groups -OCH3 is 1. The number of ether oxygens (including phenoxy) is 1. The third kappa shape index (κ3) is 2.84. The van der Waals surface area contributed by atoms with Crippen LogP contribution in [0.15, 0.2) is 24.3 Å². The first-order valence-corrected chi connectivity index (χ1v) is 7.98. The van der Waals surface area contributed by atoms with Gasteiger partial charge in [0.25, 0.3) is 0 Å². The first kappa shape index (κ1) is 13.9. The van der Waals surface area contributed by atoms with E-state index >= 15 is 0 Å². The maximum Gasteiger partial charge on any atom is 0.123 e. The Balaban J connectivity index is 1.90. The van der Waals surface area contributed by atoms with E-state index in [-0.39, 0.29) is 0 Å². The van der Waals surface area contributed by atoms with Gasteiger partial charge in [-0.25, -0.2) is 0 Å². The standard InChI is InChI=1S/C17H26N2O/c1-20-16-7-3-2-6-15(16)17(19-12-4-5-13-19)14-8-10-18-11-9-14/h2-3,6-7,14,17-18H,4-5,8-13H2,1H3. The number of nitrogens with one attached hydrogen (secondary N) is 1. The van der Waals surface area contributed by atoms with Crippen LogP contribution in [0.25, 0.3) is 0 Å². The summed E-state index contributed by atoms with van der Waals surface area (Å²) in [5, 5.41) is 3.49. The average Bonchev–Trinajstić information content (AvgIpc) is 3.03. The maximum absolute atomic E-state index is 5.63. The monoisotopic (exact) mass is 274 g/mol. The summed E-state index contributed by atoms with van der Waals surface area (Å²) in [5.74, 6) is 1.81. The van der Waals surface area contributed by atoms with Crippen LogP contribution in [-0.4, -0.2) is 38.2 Å². The molecule has 2 aliphatic heterocycles. The van der Waals surface area contributed by atoms with Crippen molar-refractivity contribution in [2.45, 2.75) is 31.7 Å². The van der Waals surface area contributed by atoms with Gasteiger partial charge in [-0.1, -0.05) is 18.2 Å². The fraction of sp³-hybridized carbons (Fsp3) is 0.647. The number of nitrogens with zero attached hydrogens (tertiary/aromatic N) is 1. The average molecular weight is 274 g/mol. The van der Waals surface area contributed by atoms with Gasteiger partial charge in [0.05, 0.1) is 7.11 Å². The summed E-state index contributed by atoms with van der Waals surface area (Å²) in [6.45, 7) is 4.80. The van der Waals surface area contributed by atoms with E-state index in [9.17, 15) is 0 Å². The van der Waals surface area contributed by atoms with Gasteiger partial charge in [-0.15, -0.1) is 0 Å². The normalized spacial score (nSPS) is 22.9. The van der Waals surface area contributed by atoms with Crippen LogP contribution in [0.1, 0.15) is 37.3 Å². The fourth-order valence-corrected chi connectivity index (χ4v) is 3.84. The quantitative estimate of drug-likeness (QED) is 0.913. The molecule has 0 aliphatic carbocycles. The predicted molar refractivity (Wildman–Crippen MR) is 82.1 cm³/mol. The van der Waals surface area contributed by atoms with Crippen molar-refractivity contribution in [1.82, 2.24) is 10.2 Å². The second-order valence-electron chi connectivity index (χ2n) is 6.02. The van der Waals surface area contributed by atoms with Crippen molar-refractivity contribution < 1.29 is 4.74 Å². The molecule has 1 aromatic carbocycles. The molecule has 2 aliphatic rings. The number of benzene rings is 1. The number of hydrogen-bond acceptors (Lipinski definition) is 3. The van der Waals surface area contributed by atoms with E-state index in [1.807, 2.05) is 0 Å². The van der Waals surface area contributed by atoms with E-state index in [2.05, 4.69) is 34.5 Å². The van der Waals surface area contributed by atoms with Gasteiger partial charge >= 0.3 is 0 Å². The second kappa shape index (κ2) is 6.59. The van der Waals surface area contributed by atoms with Crippen molar-refractivity contribution in [3.63, 3.8) is 0 Å². The molecule has 0 saturated carbocycles. The van der Waals surface area contributed by atoms with Gasteiger partial charge in [-0.05, 0) is 63.8 Å². The zero-order valence-corrected chi connectivity index (χ0v) is 12.5. The molecule has 0 radical (unpaired) electrons. The van der Waals surface area contributed by atoms with Crippen LogP contribution in [0.4, 0.5) is 0 Å². The van der Waals surface area contributed by atoms with Crippen LogP contribution < -0.4 is 10.1 Å². The van der Waals surface area contributed by atoms with E-state index in [0.29, 0.717) is 6.04 Å². The van der Waals surface area contributed by atoms with Crippen molar-refractivity contribution in [1.29, 1.82) is 0 Å². The largest absolute Gasteiger partial charge is 0.496 e. The highest BCUT2D eigenvalue weighted by Crippen LogP contribution is 2.39. The molecule has 2 heterocycles. The molecule has 3 nitrogen and oxygen atoms in total. The van der Waals surface area contributed by atoms with Crippen LogP contribution in [0.2, 0.25) is 0 Å². The minimum atomic E-state index is 0.538. The van der Waals surface area contributed by atoms with E-state index in [1.54, 1.807) is 7.11 Å². The molecule has 0 aromatic heterocycles. The molecule has 3 rings (SSSR count). The first-order valence-electron chi connectivity index (χ1n) is 7.98. The van der Waals surface area contributed by atoms with Gasteiger partial charge in [0.1, 0.15) is 5.75 Å². The molecule has 1 aromatic rings. The topological polar surface area (TPSA) is 24.5 Å². The van der Waals surface area contributed by atoms with Gasteiger partial charge in [-0.3, -0.25) is 4.90 Å². The summed E-state index contributed by atoms with van der Waals surface area (Å²) < 4.78 is 5.63. The second-order valence-corrected chi connectivity index (χ2v) is 6.02. The molecular formula is C17H26N2O. The van der Waals surface area contributed by atoms with Crippen LogP contribution in [0.5, 0.6) is 5.75 Å². The Hall–Kier alpha value is -1.06. The fourth-order valence-electron chi connectivity index (χ4n) is 3.84. The Morgan fingerprint density at radius 3 is 2.55 bits per heavy atom. The van der Waals surface area contributed by atoms with E-state index < -0.39 is 0 Å². The summed E-state index contributed by atoms with van der Waals surface area (Å²) in [7, 11) is 1.79. The van der Waals surface area contributed by atoms with Crippen molar-refractivity contribution in [2.24, 2.45) is 5.92 Å². The maximum atomic E-state index is 5.63.